The highest BCUT2D eigenvalue weighted by Gasteiger charge is 2.24. The summed E-state index contributed by atoms with van der Waals surface area (Å²) in [5.74, 6) is 2.33. The van der Waals surface area contributed by atoms with E-state index in [1.165, 1.54) is 5.56 Å². The van der Waals surface area contributed by atoms with Crippen molar-refractivity contribution < 1.29 is 4.74 Å². The van der Waals surface area contributed by atoms with Gasteiger partial charge in [-0.05, 0) is 23.8 Å². The Bertz CT molecular complexity index is 619. The lowest BCUT2D eigenvalue weighted by Gasteiger charge is -2.14. The molecule has 0 amide bonds. The minimum Gasteiger partial charge on any atom is -0.488 e. The van der Waals surface area contributed by atoms with Gasteiger partial charge in [-0.3, -0.25) is 5.10 Å². The Balaban J connectivity index is 1.81. The van der Waals surface area contributed by atoms with Gasteiger partial charge in [-0.1, -0.05) is 32.0 Å². The van der Waals surface area contributed by atoms with Crippen molar-refractivity contribution >= 4 is 12.2 Å². The first kappa shape index (κ1) is 12.4. The summed E-state index contributed by atoms with van der Waals surface area (Å²) in [6, 6.07) is 8.19. The molecule has 0 saturated carbocycles. The summed E-state index contributed by atoms with van der Waals surface area (Å²) >= 11 is 5.30. The highest BCUT2D eigenvalue weighted by Crippen LogP contribution is 2.29. The molecule has 0 fully saturated rings. The fourth-order valence-corrected chi connectivity index (χ4v) is 2.72. The highest BCUT2D eigenvalue weighted by molar-refractivity contribution is 7.71. The molecule has 1 atom stereocenters. The average molecular weight is 275 g/mol. The number of fused-ring (bicyclic) bond motifs is 1. The first-order chi connectivity index (χ1) is 9.15. The number of nitrogens with zero attached hydrogens (tertiary/aromatic N) is 2. The lowest BCUT2D eigenvalue weighted by Crippen LogP contribution is -2.22. The van der Waals surface area contributed by atoms with Crippen LogP contribution in [0.25, 0.3) is 0 Å². The molecule has 19 heavy (non-hydrogen) atoms. The van der Waals surface area contributed by atoms with Gasteiger partial charge < -0.3 is 9.30 Å². The van der Waals surface area contributed by atoms with Gasteiger partial charge in [0, 0.05) is 12.3 Å². The van der Waals surface area contributed by atoms with Gasteiger partial charge in [0.15, 0.2) is 4.77 Å². The molecule has 0 bridgehead atoms. The van der Waals surface area contributed by atoms with Gasteiger partial charge in [-0.2, -0.15) is 5.10 Å². The Morgan fingerprint density at radius 2 is 2.26 bits per heavy atom. The van der Waals surface area contributed by atoms with E-state index in [-0.39, 0.29) is 6.10 Å². The second-order valence-corrected chi connectivity index (χ2v) is 5.59. The summed E-state index contributed by atoms with van der Waals surface area (Å²) < 4.78 is 8.68. The predicted octanol–water partition coefficient (Wildman–Crippen LogP) is 3.07. The molecule has 100 valence electrons. The van der Waals surface area contributed by atoms with Crippen LogP contribution in [-0.4, -0.2) is 20.9 Å². The smallest absolute Gasteiger partial charge is 0.195 e. The van der Waals surface area contributed by atoms with Gasteiger partial charge in [-0.15, -0.1) is 0 Å². The van der Waals surface area contributed by atoms with E-state index in [0.717, 1.165) is 24.5 Å². The van der Waals surface area contributed by atoms with Gasteiger partial charge in [0.1, 0.15) is 17.7 Å². The zero-order valence-electron chi connectivity index (χ0n) is 11.1. The second kappa shape index (κ2) is 4.81. The first-order valence-corrected chi connectivity index (χ1v) is 6.95. The Hall–Kier alpha value is -1.62. The zero-order chi connectivity index (χ0) is 13.4. The number of benzene rings is 1. The van der Waals surface area contributed by atoms with E-state index in [0.29, 0.717) is 10.7 Å². The van der Waals surface area contributed by atoms with Gasteiger partial charge in [0.25, 0.3) is 0 Å². The minimum absolute atomic E-state index is 0.138. The zero-order valence-corrected chi connectivity index (χ0v) is 11.9. The van der Waals surface area contributed by atoms with Crippen molar-refractivity contribution in [1.82, 2.24) is 14.8 Å². The highest BCUT2D eigenvalue weighted by atomic mass is 32.1. The fourth-order valence-electron chi connectivity index (χ4n) is 2.51. The lowest BCUT2D eigenvalue weighted by molar-refractivity contribution is 0.206. The molecule has 0 radical (unpaired) electrons. The number of para-hydroxylation sites is 1. The van der Waals surface area contributed by atoms with E-state index in [1.54, 1.807) is 0 Å². The first-order valence-electron chi connectivity index (χ1n) is 6.55. The number of hydrogen-bond donors (Lipinski definition) is 1. The van der Waals surface area contributed by atoms with Gasteiger partial charge in [0.2, 0.25) is 0 Å². The fraction of sp³-hybridized carbons (Fsp3) is 0.429. The van der Waals surface area contributed by atoms with Crippen LogP contribution in [0, 0.1) is 4.77 Å². The SMILES string of the molecule is CC(C)c1n[nH]c(=S)n1CC1Cc2ccccc2O1. The monoisotopic (exact) mass is 275 g/mol. The van der Waals surface area contributed by atoms with Crippen LogP contribution in [0.3, 0.4) is 0 Å². The lowest BCUT2D eigenvalue weighted by atomic mass is 10.1. The Morgan fingerprint density at radius 1 is 1.47 bits per heavy atom. The van der Waals surface area contributed by atoms with Crippen LogP contribution in [0.15, 0.2) is 24.3 Å². The Morgan fingerprint density at radius 3 is 3.00 bits per heavy atom. The van der Waals surface area contributed by atoms with E-state index in [1.807, 2.05) is 18.2 Å². The Labute approximate surface area is 117 Å². The van der Waals surface area contributed by atoms with E-state index in [9.17, 15) is 0 Å². The van der Waals surface area contributed by atoms with Crippen LogP contribution in [-0.2, 0) is 13.0 Å². The third kappa shape index (κ3) is 2.30. The molecule has 4 nitrogen and oxygen atoms in total. The Kier molecular flexibility index (Phi) is 3.14. The number of ether oxygens (including phenoxy) is 1. The van der Waals surface area contributed by atoms with Gasteiger partial charge in [-0.25, -0.2) is 0 Å². The number of nitrogens with one attached hydrogen (secondary N) is 1. The van der Waals surface area contributed by atoms with Crippen molar-refractivity contribution in [3.05, 3.63) is 40.4 Å². The van der Waals surface area contributed by atoms with Crippen LogP contribution in [0.1, 0.15) is 31.2 Å². The second-order valence-electron chi connectivity index (χ2n) is 5.20. The molecule has 0 aliphatic carbocycles. The molecule has 2 heterocycles. The number of H-pyrrole nitrogens is 1. The third-order valence-corrected chi connectivity index (χ3v) is 3.72. The van der Waals surface area contributed by atoms with E-state index in [4.69, 9.17) is 17.0 Å². The molecular weight excluding hydrogens is 258 g/mol. The van der Waals surface area contributed by atoms with E-state index in [2.05, 4.69) is 34.7 Å². The molecule has 1 aromatic carbocycles. The topological polar surface area (TPSA) is 42.8 Å². The average Bonchev–Trinajstić information content (AvgIpc) is 2.94. The van der Waals surface area contributed by atoms with E-state index < -0.39 is 0 Å². The maximum absolute atomic E-state index is 5.96. The van der Waals surface area contributed by atoms with Crippen molar-refractivity contribution in [1.29, 1.82) is 0 Å². The molecule has 1 aromatic heterocycles. The van der Waals surface area contributed by atoms with Crippen LogP contribution < -0.4 is 4.74 Å². The molecule has 0 saturated heterocycles. The molecule has 1 N–H and O–H groups in total. The molecule has 1 aliphatic heterocycles. The van der Waals surface area contributed by atoms with Crippen molar-refractivity contribution in [3.63, 3.8) is 0 Å². The molecular formula is C14H17N3OS. The van der Waals surface area contributed by atoms with Crippen LogP contribution in [0.5, 0.6) is 5.75 Å². The van der Waals surface area contributed by atoms with Crippen LogP contribution in [0.4, 0.5) is 0 Å². The maximum Gasteiger partial charge on any atom is 0.195 e. The quantitative estimate of drug-likeness (QED) is 0.875. The minimum atomic E-state index is 0.138. The molecule has 5 heteroatoms. The van der Waals surface area contributed by atoms with Crippen molar-refractivity contribution in [2.75, 3.05) is 0 Å². The molecule has 2 aromatic rings. The summed E-state index contributed by atoms with van der Waals surface area (Å²) in [6.07, 6.45) is 1.07. The normalized spacial score (nSPS) is 17.5. The number of hydrogen-bond acceptors (Lipinski definition) is 3. The van der Waals surface area contributed by atoms with Gasteiger partial charge >= 0.3 is 0 Å². The van der Waals surface area contributed by atoms with E-state index >= 15 is 0 Å². The summed E-state index contributed by atoms with van der Waals surface area (Å²) in [4.78, 5) is 0. The molecule has 0 spiro atoms. The predicted molar refractivity (Wildman–Crippen MR) is 76.1 cm³/mol. The third-order valence-electron chi connectivity index (χ3n) is 3.40. The summed E-state index contributed by atoms with van der Waals surface area (Å²) in [5.41, 5.74) is 1.27. The standard InChI is InChI=1S/C14H17N3OS/c1-9(2)13-15-16-14(19)17(13)8-11-7-10-5-3-4-6-12(10)18-11/h3-6,9,11H,7-8H2,1-2H3,(H,16,19). The molecule has 1 unspecified atom stereocenters. The largest absolute Gasteiger partial charge is 0.488 e. The molecule has 3 rings (SSSR count). The van der Waals surface area contributed by atoms with Crippen molar-refractivity contribution in [3.8, 4) is 5.75 Å². The van der Waals surface area contributed by atoms with Gasteiger partial charge in [0.05, 0.1) is 6.54 Å². The van der Waals surface area contributed by atoms with Crippen molar-refractivity contribution in [2.24, 2.45) is 0 Å². The number of aromatic amines is 1. The van der Waals surface area contributed by atoms with Crippen molar-refractivity contribution in [2.45, 2.75) is 38.8 Å². The summed E-state index contributed by atoms with van der Waals surface area (Å²) in [6.45, 7) is 4.98. The van der Waals surface area contributed by atoms with Crippen LogP contribution in [0.2, 0.25) is 0 Å². The number of rotatable bonds is 3. The summed E-state index contributed by atoms with van der Waals surface area (Å²) in [5, 5.41) is 7.17. The van der Waals surface area contributed by atoms with Crippen LogP contribution >= 0.6 is 12.2 Å². The maximum atomic E-state index is 5.96. The number of aromatic nitrogens is 3. The molecule has 1 aliphatic rings. The summed E-state index contributed by atoms with van der Waals surface area (Å²) in [7, 11) is 0.